The van der Waals surface area contributed by atoms with Crippen molar-refractivity contribution >= 4 is 34.0 Å². The van der Waals surface area contributed by atoms with Crippen LogP contribution in [0.4, 0.5) is 15.9 Å². The van der Waals surface area contributed by atoms with E-state index in [9.17, 15) is 4.39 Å². The van der Waals surface area contributed by atoms with Gasteiger partial charge in [0, 0.05) is 32.1 Å². The van der Waals surface area contributed by atoms with E-state index in [1.807, 2.05) is 42.6 Å². The number of aromatic nitrogens is 2. The molecule has 1 aliphatic heterocycles. The van der Waals surface area contributed by atoms with Gasteiger partial charge >= 0.3 is 0 Å². The first-order valence-electron chi connectivity index (χ1n) is 12.1. The first-order valence-corrected chi connectivity index (χ1v) is 12.4. The van der Waals surface area contributed by atoms with Crippen molar-refractivity contribution in [2.75, 3.05) is 32.1 Å². The van der Waals surface area contributed by atoms with E-state index in [0.717, 1.165) is 29.8 Å². The Morgan fingerprint density at radius 2 is 1.95 bits per heavy atom. The Labute approximate surface area is 225 Å². The molecule has 0 atom stereocenters. The van der Waals surface area contributed by atoms with Gasteiger partial charge in [-0.05, 0) is 60.2 Å². The van der Waals surface area contributed by atoms with Gasteiger partial charge < -0.3 is 24.4 Å². The van der Waals surface area contributed by atoms with Crippen molar-refractivity contribution in [1.82, 2.24) is 14.9 Å². The molecular formula is C29H26ClFN4O3. The minimum atomic E-state index is -0.308. The summed E-state index contributed by atoms with van der Waals surface area (Å²) in [6.45, 7) is 2.40. The lowest BCUT2D eigenvalue weighted by Crippen LogP contribution is -2.24. The van der Waals surface area contributed by atoms with Gasteiger partial charge in [0.2, 0.25) is 0 Å². The summed E-state index contributed by atoms with van der Waals surface area (Å²) in [6, 6.07) is 17.3. The average molecular weight is 533 g/mol. The molecule has 3 aromatic carbocycles. The monoisotopic (exact) mass is 532 g/mol. The fourth-order valence-electron chi connectivity index (χ4n) is 3.97. The molecule has 1 aliphatic rings. The minimum Gasteiger partial charge on any atom is -0.487 e. The van der Waals surface area contributed by atoms with Crippen molar-refractivity contribution in [1.29, 1.82) is 0 Å². The zero-order chi connectivity index (χ0) is 26.3. The van der Waals surface area contributed by atoms with Gasteiger partial charge in [-0.25, -0.2) is 14.4 Å². The van der Waals surface area contributed by atoms with Crippen LogP contribution in [-0.2, 0) is 11.3 Å². The average Bonchev–Trinajstić information content (AvgIpc) is 2.92. The molecule has 0 unspecified atom stereocenters. The predicted molar refractivity (Wildman–Crippen MR) is 146 cm³/mol. The summed E-state index contributed by atoms with van der Waals surface area (Å²) >= 11 is 6.49. The molecule has 194 valence electrons. The molecule has 5 rings (SSSR count). The van der Waals surface area contributed by atoms with Crippen molar-refractivity contribution in [3.05, 3.63) is 108 Å². The van der Waals surface area contributed by atoms with Gasteiger partial charge in [0.1, 0.15) is 41.8 Å². The van der Waals surface area contributed by atoms with Gasteiger partial charge in [0.15, 0.2) is 0 Å². The molecule has 9 heteroatoms. The van der Waals surface area contributed by atoms with Crippen molar-refractivity contribution in [2.24, 2.45) is 0 Å². The fourth-order valence-corrected chi connectivity index (χ4v) is 4.21. The zero-order valence-electron chi connectivity index (χ0n) is 20.7. The van der Waals surface area contributed by atoms with Crippen LogP contribution in [-0.4, -0.2) is 41.7 Å². The van der Waals surface area contributed by atoms with Crippen molar-refractivity contribution in [3.8, 4) is 11.5 Å². The minimum absolute atomic E-state index is 0.204. The molecule has 0 saturated heterocycles. The van der Waals surface area contributed by atoms with Crippen LogP contribution in [0.3, 0.4) is 0 Å². The van der Waals surface area contributed by atoms with E-state index in [1.54, 1.807) is 31.4 Å². The van der Waals surface area contributed by atoms with Crippen LogP contribution < -0.4 is 14.8 Å². The van der Waals surface area contributed by atoms with Crippen LogP contribution in [0.15, 0.2) is 91.1 Å². The molecule has 38 heavy (non-hydrogen) atoms. The van der Waals surface area contributed by atoms with Crippen LogP contribution in [0.25, 0.3) is 10.9 Å². The molecule has 0 spiro atoms. The normalized spacial score (nSPS) is 12.9. The maximum absolute atomic E-state index is 13.4. The van der Waals surface area contributed by atoms with Gasteiger partial charge in [-0.15, -0.1) is 0 Å². The summed E-state index contributed by atoms with van der Waals surface area (Å²) in [5.41, 5.74) is 2.17. The highest BCUT2D eigenvalue weighted by molar-refractivity contribution is 6.32. The third kappa shape index (κ3) is 6.22. The number of ether oxygens (including phenoxy) is 3. The maximum Gasteiger partial charge on any atom is 0.145 e. The van der Waals surface area contributed by atoms with E-state index in [4.69, 9.17) is 25.8 Å². The second-order valence-corrected chi connectivity index (χ2v) is 8.98. The zero-order valence-corrected chi connectivity index (χ0v) is 21.5. The van der Waals surface area contributed by atoms with E-state index in [0.29, 0.717) is 40.2 Å². The van der Waals surface area contributed by atoms with Crippen LogP contribution in [0.5, 0.6) is 11.5 Å². The molecule has 1 N–H and O–H groups in total. The van der Waals surface area contributed by atoms with Crippen LogP contribution >= 0.6 is 11.6 Å². The number of hydrogen-bond donors (Lipinski definition) is 1. The number of methoxy groups -OCH3 is 1. The Hall–Kier alpha value is -4.14. The van der Waals surface area contributed by atoms with Gasteiger partial charge in [0.05, 0.1) is 22.5 Å². The summed E-state index contributed by atoms with van der Waals surface area (Å²) < 4.78 is 30.6. The lowest BCUT2D eigenvalue weighted by atomic mass is 10.2. The predicted octanol–water partition coefficient (Wildman–Crippen LogP) is 6.48. The molecular weight excluding hydrogens is 507 g/mol. The molecule has 1 aromatic heterocycles. The summed E-state index contributed by atoms with van der Waals surface area (Å²) in [5.74, 6) is 2.14. The number of nitrogens with one attached hydrogen (secondary N) is 1. The standard InChI is InChI=1S/C29H26ClFN4O3/c1-36-15-14-35-12-10-23(11-13-35)38-27-7-3-6-25-28(27)29(33-19-32-25)34-22-8-9-26(24(30)17-22)37-18-20-4-2-5-21(31)16-20/h2-12,16-17,19H,13-15,18H2,1H3,(H,32,33,34). The van der Waals surface area contributed by atoms with Crippen molar-refractivity contribution in [2.45, 2.75) is 6.61 Å². The van der Waals surface area contributed by atoms with E-state index in [2.05, 4.69) is 20.2 Å². The third-order valence-corrected chi connectivity index (χ3v) is 6.19. The molecule has 0 radical (unpaired) electrons. The van der Waals surface area contributed by atoms with E-state index in [-0.39, 0.29) is 12.4 Å². The van der Waals surface area contributed by atoms with Crippen molar-refractivity contribution in [3.63, 3.8) is 0 Å². The highest BCUT2D eigenvalue weighted by atomic mass is 35.5. The summed E-state index contributed by atoms with van der Waals surface area (Å²) in [7, 11) is 1.69. The second-order valence-electron chi connectivity index (χ2n) is 8.57. The Bertz CT molecular complexity index is 1490. The van der Waals surface area contributed by atoms with E-state index < -0.39 is 0 Å². The third-order valence-electron chi connectivity index (χ3n) is 5.89. The number of nitrogens with zero attached hydrogens (tertiary/aromatic N) is 3. The molecule has 0 saturated carbocycles. The molecule has 2 heterocycles. The topological polar surface area (TPSA) is 68.7 Å². The number of anilines is 2. The van der Waals surface area contributed by atoms with Crippen LogP contribution in [0.2, 0.25) is 5.02 Å². The highest BCUT2D eigenvalue weighted by Crippen LogP contribution is 2.35. The SMILES string of the molecule is COCCN1C=CC(Oc2cccc3ncnc(Nc4ccc(OCc5cccc(F)c5)c(Cl)c4)c23)=CC1. The Morgan fingerprint density at radius 1 is 1.05 bits per heavy atom. The quantitative estimate of drug-likeness (QED) is 0.250. The van der Waals surface area contributed by atoms with Crippen molar-refractivity contribution < 1.29 is 18.6 Å². The fraction of sp³-hybridized carbons (Fsp3) is 0.172. The Kier molecular flexibility index (Phi) is 8.01. The molecule has 0 aliphatic carbocycles. The molecule has 0 bridgehead atoms. The second kappa shape index (κ2) is 11.9. The molecule has 7 nitrogen and oxygen atoms in total. The van der Waals surface area contributed by atoms with Gasteiger partial charge in [-0.1, -0.05) is 29.8 Å². The number of benzene rings is 3. The van der Waals surface area contributed by atoms with E-state index >= 15 is 0 Å². The Balaban J connectivity index is 1.32. The number of rotatable bonds is 10. The lowest BCUT2D eigenvalue weighted by Gasteiger charge is -2.22. The van der Waals surface area contributed by atoms with E-state index in [1.165, 1.54) is 18.5 Å². The van der Waals surface area contributed by atoms with Crippen LogP contribution in [0.1, 0.15) is 5.56 Å². The lowest BCUT2D eigenvalue weighted by molar-refractivity contribution is 0.172. The number of halogens is 2. The first kappa shape index (κ1) is 25.5. The molecule has 0 fully saturated rings. The summed E-state index contributed by atoms with van der Waals surface area (Å²) in [5, 5.41) is 4.48. The Morgan fingerprint density at radius 3 is 2.74 bits per heavy atom. The van der Waals surface area contributed by atoms with Gasteiger partial charge in [0.25, 0.3) is 0 Å². The smallest absolute Gasteiger partial charge is 0.145 e. The first-order chi connectivity index (χ1) is 18.6. The summed E-state index contributed by atoms with van der Waals surface area (Å²) in [4.78, 5) is 11.0. The molecule has 4 aromatic rings. The number of hydrogen-bond acceptors (Lipinski definition) is 7. The summed E-state index contributed by atoms with van der Waals surface area (Å²) in [6.07, 6.45) is 7.44. The largest absolute Gasteiger partial charge is 0.487 e. The van der Waals surface area contributed by atoms with Crippen LogP contribution in [0, 0.1) is 5.82 Å². The van der Waals surface area contributed by atoms with Gasteiger partial charge in [-0.3, -0.25) is 0 Å². The maximum atomic E-state index is 13.4. The highest BCUT2D eigenvalue weighted by Gasteiger charge is 2.14. The number of fused-ring (bicyclic) bond motifs is 1. The molecule has 0 amide bonds. The van der Waals surface area contributed by atoms with Gasteiger partial charge in [-0.2, -0.15) is 0 Å². The number of allylic oxidation sites excluding steroid dienone is 1.